The molecule has 2 aromatic heterocycles. The average Bonchev–Trinajstić information content (AvgIpc) is 3.00. The van der Waals surface area contributed by atoms with Crippen LogP contribution in [0.5, 0.6) is 0 Å². The Labute approximate surface area is 166 Å². The SMILES string of the molecule is NC(=O)c1c(Cl)c(-c2ccccc2)n2c1CN(C(=O)Nc1cccnc1)CC2. The lowest BCUT2D eigenvalue weighted by Gasteiger charge is -2.30. The van der Waals surface area contributed by atoms with Crippen molar-refractivity contribution in [1.29, 1.82) is 0 Å². The van der Waals surface area contributed by atoms with Gasteiger partial charge in [-0.05, 0) is 17.7 Å². The van der Waals surface area contributed by atoms with E-state index < -0.39 is 5.91 Å². The quantitative estimate of drug-likeness (QED) is 0.712. The maximum Gasteiger partial charge on any atom is 0.322 e. The standard InChI is InChI=1S/C20H18ClN5O2/c21-17-16(19(22)27)15-12-25(20(28)24-14-7-4-8-23-11-14)9-10-26(15)18(17)13-5-2-1-3-6-13/h1-8,11H,9-10,12H2,(H2,22,27)(H,24,28). The van der Waals surface area contributed by atoms with Gasteiger partial charge in [0.05, 0.1) is 40.4 Å². The van der Waals surface area contributed by atoms with Crippen molar-refractivity contribution in [1.82, 2.24) is 14.5 Å². The van der Waals surface area contributed by atoms with Gasteiger partial charge < -0.3 is 20.5 Å². The van der Waals surface area contributed by atoms with Crippen LogP contribution in [0.1, 0.15) is 16.1 Å². The van der Waals surface area contributed by atoms with E-state index in [-0.39, 0.29) is 18.1 Å². The summed E-state index contributed by atoms with van der Waals surface area (Å²) in [6, 6.07) is 12.8. The first-order chi connectivity index (χ1) is 13.6. The highest BCUT2D eigenvalue weighted by Gasteiger charge is 2.31. The normalized spacial score (nSPS) is 13.1. The number of amides is 3. The second-order valence-corrected chi connectivity index (χ2v) is 6.84. The summed E-state index contributed by atoms with van der Waals surface area (Å²) < 4.78 is 1.98. The first-order valence-corrected chi connectivity index (χ1v) is 9.16. The third-order valence-electron chi connectivity index (χ3n) is 4.74. The number of nitrogens with one attached hydrogen (secondary N) is 1. The zero-order chi connectivity index (χ0) is 19.7. The fraction of sp³-hybridized carbons (Fsp3) is 0.150. The summed E-state index contributed by atoms with van der Waals surface area (Å²) >= 11 is 6.56. The number of carbonyl (C=O) groups excluding carboxylic acids is 2. The molecule has 0 radical (unpaired) electrons. The summed E-state index contributed by atoms with van der Waals surface area (Å²) in [5.41, 5.74) is 8.77. The summed E-state index contributed by atoms with van der Waals surface area (Å²) in [7, 11) is 0. The van der Waals surface area contributed by atoms with E-state index in [1.54, 1.807) is 29.4 Å². The number of pyridine rings is 1. The molecule has 8 heteroatoms. The number of carbonyl (C=O) groups is 2. The summed E-state index contributed by atoms with van der Waals surface area (Å²) in [5, 5.41) is 3.13. The van der Waals surface area contributed by atoms with Crippen molar-refractivity contribution >= 4 is 29.2 Å². The van der Waals surface area contributed by atoms with E-state index in [1.165, 1.54) is 0 Å². The number of aromatic nitrogens is 2. The molecule has 3 heterocycles. The zero-order valence-electron chi connectivity index (χ0n) is 14.9. The molecule has 142 valence electrons. The van der Waals surface area contributed by atoms with E-state index >= 15 is 0 Å². The summed E-state index contributed by atoms with van der Waals surface area (Å²) in [4.78, 5) is 30.4. The molecular weight excluding hydrogens is 378 g/mol. The minimum absolute atomic E-state index is 0.233. The lowest BCUT2D eigenvalue weighted by Crippen LogP contribution is -2.41. The van der Waals surface area contributed by atoms with Crippen LogP contribution < -0.4 is 11.1 Å². The summed E-state index contributed by atoms with van der Waals surface area (Å²) in [6.07, 6.45) is 3.21. The fourth-order valence-electron chi connectivity index (χ4n) is 3.47. The van der Waals surface area contributed by atoms with Gasteiger partial charge in [0.1, 0.15) is 0 Å². The van der Waals surface area contributed by atoms with E-state index in [0.717, 1.165) is 11.3 Å². The predicted octanol–water partition coefficient (Wildman–Crippen LogP) is 3.35. The van der Waals surface area contributed by atoms with Gasteiger partial charge in [0, 0.05) is 19.3 Å². The molecule has 0 atom stereocenters. The van der Waals surface area contributed by atoms with Crippen LogP contribution in [0.2, 0.25) is 5.02 Å². The Morgan fingerprint density at radius 1 is 1.11 bits per heavy atom. The third kappa shape index (κ3) is 3.20. The molecule has 0 bridgehead atoms. The number of fused-ring (bicyclic) bond motifs is 1. The van der Waals surface area contributed by atoms with Crippen LogP contribution >= 0.6 is 11.6 Å². The third-order valence-corrected chi connectivity index (χ3v) is 5.11. The van der Waals surface area contributed by atoms with E-state index in [9.17, 15) is 9.59 Å². The van der Waals surface area contributed by atoms with Crippen LogP contribution in [0.25, 0.3) is 11.3 Å². The van der Waals surface area contributed by atoms with Crippen LogP contribution in [-0.4, -0.2) is 32.9 Å². The molecule has 0 unspecified atom stereocenters. The van der Waals surface area contributed by atoms with Gasteiger partial charge >= 0.3 is 6.03 Å². The predicted molar refractivity (Wildman–Crippen MR) is 107 cm³/mol. The highest BCUT2D eigenvalue weighted by Crippen LogP contribution is 2.37. The fourth-order valence-corrected chi connectivity index (χ4v) is 3.88. The Morgan fingerprint density at radius 3 is 2.57 bits per heavy atom. The van der Waals surface area contributed by atoms with Crippen LogP contribution in [0.4, 0.5) is 10.5 Å². The lowest BCUT2D eigenvalue weighted by atomic mass is 10.1. The average molecular weight is 396 g/mol. The van der Waals surface area contributed by atoms with Crippen molar-refractivity contribution in [2.75, 3.05) is 11.9 Å². The van der Waals surface area contributed by atoms with Gasteiger partial charge in [-0.1, -0.05) is 41.9 Å². The summed E-state index contributed by atoms with van der Waals surface area (Å²) in [5.74, 6) is -0.606. The van der Waals surface area contributed by atoms with Crippen molar-refractivity contribution in [3.63, 3.8) is 0 Å². The number of benzene rings is 1. The number of hydrogen-bond donors (Lipinski definition) is 2. The molecule has 0 fully saturated rings. The number of hydrogen-bond acceptors (Lipinski definition) is 3. The largest absolute Gasteiger partial charge is 0.365 e. The molecule has 0 spiro atoms. The lowest BCUT2D eigenvalue weighted by molar-refractivity contribution is 0.0997. The molecule has 28 heavy (non-hydrogen) atoms. The molecule has 0 saturated carbocycles. The van der Waals surface area contributed by atoms with Gasteiger partial charge in [0.2, 0.25) is 0 Å². The zero-order valence-corrected chi connectivity index (χ0v) is 15.7. The number of nitrogens with two attached hydrogens (primary N) is 1. The van der Waals surface area contributed by atoms with E-state index in [0.29, 0.717) is 29.5 Å². The van der Waals surface area contributed by atoms with Gasteiger partial charge in [0.15, 0.2) is 0 Å². The van der Waals surface area contributed by atoms with Crippen molar-refractivity contribution in [3.05, 3.63) is 71.1 Å². The van der Waals surface area contributed by atoms with Crippen LogP contribution in [0, 0.1) is 0 Å². The molecule has 3 N–H and O–H groups in total. The topological polar surface area (TPSA) is 93.3 Å². The highest BCUT2D eigenvalue weighted by atomic mass is 35.5. The van der Waals surface area contributed by atoms with Gasteiger partial charge in [-0.15, -0.1) is 0 Å². The highest BCUT2D eigenvalue weighted by molar-refractivity contribution is 6.36. The molecule has 3 amide bonds. The maximum atomic E-state index is 12.6. The van der Waals surface area contributed by atoms with Gasteiger partial charge in [-0.3, -0.25) is 9.78 Å². The number of rotatable bonds is 3. The maximum absolute atomic E-state index is 12.6. The Balaban J connectivity index is 1.68. The molecule has 1 aliphatic rings. The van der Waals surface area contributed by atoms with Gasteiger partial charge in [-0.25, -0.2) is 4.79 Å². The Bertz CT molecular complexity index is 1030. The molecule has 0 aliphatic carbocycles. The number of halogens is 1. The Hall–Kier alpha value is -3.32. The van der Waals surface area contributed by atoms with E-state index in [4.69, 9.17) is 17.3 Å². The van der Waals surface area contributed by atoms with Crippen LogP contribution in [0.3, 0.4) is 0 Å². The minimum Gasteiger partial charge on any atom is -0.365 e. The number of anilines is 1. The summed E-state index contributed by atoms with van der Waals surface area (Å²) in [6.45, 7) is 1.21. The smallest absolute Gasteiger partial charge is 0.322 e. The first kappa shape index (κ1) is 18.1. The van der Waals surface area contributed by atoms with E-state index in [2.05, 4.69) is 10.3 Å². The van der Waals surface area contributed by atoms with Gasteiger partial charge in [-0.2, -0.15) is 0 Å². The molecule has 7 nitrogen and oxygen atoms in total. The first-order valence-electron chi connectivity index (χ1n) is 8.78. The number of nitrogens with zero attached hydrogens (tertiary/aromatic N) is 3. The van der Waals surface area contributed by atoms with E-state index in [1.807, 2.05) is 34.9 Å². The molecule has 1 aliphatic heterocycles. The Kier molecular flexibility index (Phi) is 4.75. The number of primary amides is 1. The van der Waals surface area contributed by atoms with Crippen LogP contribution in [-0.2, 0) is 13.1 Å². The van der Waals surface area contributed by atoms with Gasteiger partial charge in [0.25, 0.3) is 5.91 Å². The van der Waals surface area contributed by atoms with Crippen LogP contribution in [0.15, 0.2) is 54.9 Å². The second kappa shape index (κ2) is 7.36. The molecule has 0 saturated heterocycles. The van der Waals surface area contributed by atoms with Crippen molar-refractivity contribution < 1.29 is 9.59 Å². The number of urea groups is 1. The van der Waals surface area contributed by atoms with Crippen molar-refractivity contribution in [2.24, 2.45) is 5.73 Å². The van der Waals surface area contributed by atoms with Crippen molar-refractivity contribution in [3.8, 4) is 11.3 Å². The monoisotopic (exact) mass is 395 g/mol. The molecular formula is C20H18ClN5O2. The molecule has 3 aromatic rings. The van der Waals surface area contributed by atoms with Crippen molar-refractivity contribution in [2.45, 2.75) is 13.1 Å². The Morgan fingerprint density at radius 2 is 1.89 bits per heavy atom. The second-order valence-electron chi connectivity index (χ2n) is 6.46. The molecule has 4 rings (SSSR count). The molecule has 1 aromatic carbocycles. The minimum atomic E-state index is -0.606.